The molecule has 0 bridgehead atoms. The molecule has 1 atom stereocenters. The van der Waals surface area contributed by atoms with E-state index in [0.29, 0.717) is 0 Å². The van der Waals surface area contributed by atoms with E-state index in [4.69, 9.17) is 14.5 Å². The standard InChI is InChI=1S/C37H34N2O4S5/c1-3-33(40)42-21-20-38-35(41)43-22-37(4-2,24-45-36-39-27-14-6-8-16-29(27)48-36)23-44-28-15-7-5-12-25(28)26-13-11-19-32-34(26)47-31-18-10-9-17-30(31)46-32/h3,5-19H,1,4,20-24H2,2H3,(H,38,41). The van der Waals surface area contributed by atoms with Gasteiger partial charge in [-0.05, 0) is 53.9 Å². The molecule has 246 valence electrons. The maximum absolute atomic E-state index is 12.7. The first-order valence-corrected chi connectivity index (χ1v) is 19.9. The molecular formula is C37H34N2O4S5. The van der Waals surface area contributed by atoms with Gasteiger partial charge in [0.25, 0.3) is 0 Å². The third kappa shape index (κ3) is 8.44. The van der Waals surface area contributed by atoms with Crippen LogP contribution in [0.2, 0.25) is 0 Å². The lowest BCUT2D eigenvalue weighted by Crippen LogP contribution is -2.36. The second-order valence-electron chi connectivity index (χ2n) is 11.0. The highest BCUT2D eigenvalue weighted by Gasteiger charge is 2.32. The number of carbonyl (C=O) groups excluding carboxylic acids is 2. The van der Waals surface area contributed by atoms with Crippen LogP contribution in [0.1, 0.15) is 13.3 Å². The molecule has 1 N–H and O–H groups in total. The topological polar surface area (TPSA) is 77.5 Å². The first-order valence-electron chi connectivity index (χ1n) is 15.4. The molecule has 0 spiro atoms. The lowest BCUT2D eigenvalue weighted by Gasteiger charge is -2.32. The summed E-state index contributed by atoms with van der Waals surface area (Å²) in [7, 11) is 0. The third-order valence-electron chi connectivity index (χ3n) is 7.79. The van der Waals surface area contributed by atoms with Crippen LogP contribution in [0.3, 0.4) is 0 Å². The summed E-state index contributed by atoms with van der Waals surface area (Å²) in [6, 6.07) is 31.9. The smallest absolute Gasteiger partial charge is 0.407 e. The van der Waals surface area contributed by atoms with Crippen LogP contribution in [-0.2, 0) is 14.3 Å². The van der Waals surface area contributed by atoms with Crippen LogP contribution in [0.4, 0.5) is 4.79 Å². The first kappa shape index (κ1) is 34.5. The van der Waals surface area contributed by atoms with Gasteiger partial charge in [0.05, 0.1) is 16.8 Å². The van der Waals surface area contributed by atoms with E-state index in [0.717, 1.165) is 38.6 Å². The van der Waals surface area contributed by atoms with E-state index < -0.39 is 12.1 Å². The molecule has 0 aliphatic carbocycles. The average molecular weight is 731 g/mol. The predicted molar refractivity (Wildman–Crippen MR) is 201 cm³/mol. The lowest BCUT2D eigenvalue weighted by molar-refractivity contribution is -0.137. The number of rotatable bonds is 14. The van der Waals surface area contributed by atoms with Crippen molar-refractivity contribution in [2.45, 2.75) is 42.2 Å². The van der Waals surface area contributed by atoms with Gasteiger partial charge in [-0.25, -0.2) is 14.6 Å². The van der Waals surface area contributed by atoms with Crippen LogP contribution in [0, 0.1) is 5.41 Å². The van der Waals surface area contributed by atoms with Crippen LogP contribution >= 0.6 is 58.4 Å². The van der Waals surface area contributed by atoms with Crippen molar-refractivity contribution in [1.29, 1.82) is 0 Å². The lowest BCUT2D eigenvalue weighted by atomic mass is 9.91. The molecular weight excluding hydrogens is 697 g/mol. The number of fused-ring (bicyclic) bond motifs is 3. The van der Waals surface area contributed by atoms with Crippen LogP contribution < -0.4 is 5.32 Å². The number of carbonyl (C=O) groups is 2. The molecule has 5 aromatic rings. The maximum atomic E-state index is 12.7. The summed E-state index contributed by atoms with van der Waals surface area (Å²) in [5.41, 5.74) is 3.07. The van der Waals surface area contributed by atoms with Gasteiger partial charge in [0, 0.05) is 47.5 Å². The molecule has 1 unspecified atom stereocenters. The summed E-state index contributed by atoms with van der Waals surface area (Å²) in [4.78, 5) is 35.2. The molecule has 0 radical (unpaired) electrons. The predicted octanol–water partition coefficient (Wildman–Crippen LogP) is 10.3. The number of benzene rings is 4. The Morgan fingerprint density at radius 3 is 2.38 bits per heavy atom. The number of para-hydroxylation sites is 1. The largest absolute Gasteiger partial charge is 0.461 e. The Hall–Kier alpha value is -3.35. The van der Waals surface area contributed by atoms with Gasteiger partial charge in [0.2, 0.25) is 0 Å². The summed E-state index contributed by atoms with van der Waals surface area (Å²) in [5, 5.41) is 2.69. The number of esters is 1. The van der Waals surface area contributed by atoms with Crippen molar-refractivity contribution < 1.29 is 19.1 Å². The Kier molecular flexibility index (Phi) is 11.8. The minimum atomic E-state index is -0.538. The van der Waals surface area contributed by atoms with Gasteiger partial charge in [-0.2, -0.15) is 0 Å². The van der Waals surface area contributed by atoms with Gasteiger partial charge in [0.15, 0.2) is 4.34 Å². The van der Waals surface area contributed by atoms with Crippen molar-refractivity contribution >= 4 is 80.7 Å². The zero-order valence-electron chi connectivity index (χ0n) is 26.3. The molecule has 1 aliphatic rings. The average Bonchev–Trinajstić information content (AvgIpc) is 3.55. The number of alkyl carbamates (subject to hydrolysis) is 1. The molecule has 11 heteroatoms. The van der Waals surface area contributed by atoms with Gasteiger partial charge in [-0.3, -0.25) is 0 Å². The zero-order chi connectivity index (χ0) is 33.3. The second kappa shape index (κ2) is 16.4. The van der Waals surface area contributed by atoms with Crippen molar-refractivity contribution in [3.63, 3.8) is 0 Å². The highest BCUT2D eigenvalue weighted by Crippen LogP contribution is 2.52. The Labute approximate surface area is 301 Å². The summed E-state index contributed by atoms with van der Waals surface area (Å²) in [5.74, 6) is 0.937. The molecule has 6 nitrogen and oxygen atoms in total. The first-order chi connectivity index (χ1) is 23.5. The molecule has 4 aromatic carbocycles. The van der Waals surface area contributed by atoms with E-state index in [9.17, 15) is 9.59 Å². The minimum absolute atomic E-state index is 0.0462. The number of ether oxygens (including phenoxy) is 2. The summed E-state index contributed by atoms with van der Waals surface area (Å²) in [6.45, 7) is 5.97. The molecule has 6 rings (SSSR count). The maximum Gasteiger partial charge on any atom is 0.407 e. The third-order valence-corrected chi connectivity index (χ3v) is 14.4. The monoisotopic (exact) mass is 730 g/mol. The van der Waals surface area contributed by atoms with E-state index in [2.05, 4.69) is 91.6 Å². The highest BCUT2D eigenvalue weighted by molar-refractivity contribution is 8.05. The van der Waals surface area contributed by atoms with Crippen molar-refractivity contribution in [2.24, 2.45) is 5.41 Å². The molecule has 48 heavy (non-hydrogen) atoms. The van der Waals surface area contributed by atoms with Crippen molar-refractivity contribution in [2.75, 3.05) is 31.3 Å². The molecule has 0 saturated carbocycles. The number of hydrogen-bond donors (Lipinski definition) is 1. The van der Waals surface area contributed by atoms with Gasteiger partial charge in [0.1, 0.15) is 13.2 Å². The Morgan fingerprint density at radius 2 is 1.56 bits per heavy atom. The van der Waals surface area contributed by atoms with E-state index >= 15 is 0 Å². The number of aromatic nitrogens is 1. The quantitative estimate of drug-likeness (QED) is 0.0510. The Morgan fingerprint density at radius 1 is 0.854 bits per heavy atom. The Balaban J connectivity index is 1.21. The van der Waals surface area contributed by atoms with Crippen LogP contribution in [0.15, 0.2) is 132 Å². The SMILES string of the molecule is C=CC(=O)OCCNC(=O)OCC(CC)(CSc1nc2ccccc2s1)CSc1ccccc1-c1cccc2c1Sc1ccccc1S2. The van der Waals surface area contributed by atoms with E-state index in [1.807, 2.05) is 41.7 Å². The highest BCUT2D eigenvalue weighted by atomic mass is 32.2. The molecule has 1 aromatic heterocycles. The fraction of sp³-hybridized carbons (Fsp3) is 0.216. The van der Waals surface area contributed by atoms with Crippen molar-refractivity contribution in [3.8, 4) is 11.1 Å². The fourth-order valence-corrected chi connectivity index (χ4v) is 11.2. The van der Waals surface area contributed by atoms with Crippen LogP contribution in [0.25, 0.3) is 21.3 Å². The normalized spacial score (nSPS) is 13.2. The Bertz CT molecular complexity index is 1900. The van der Waals surface area contributed by atoms with Crippen LogP contribution in [-0.4, -0.2) is 48.3 Å². The summed E-state index contributed by atoms with van der Waals surface area (Å²) in [6.07, 6.45) is 1.35. The number of nitrogens with one attached hydrogen (secondary N) is 1. The number of nitrogens with zero attached hydrogens (tertiary/aromatic N) is 1. The number of hydrogen-bond acceptors (Lipinski definition) is 10. The van der Waals surface area contributed by atoms with Crippen LogP contribution in [0.5, 0.6) is 0 Å². The van der Waals surface area contributed by atoms with Gasteiger partial charge >= 0.3 is 12.1 Å². The number of thioether (sulfide) groups is 2. The molecule has 1 amide bonds. The second-order valence-corrected chi connectivity index (χ2v) is 16.4. The van der Waals surface area contributed by atoms with Gasteiger partial charge < -0.3 is 14.8 Å². The van der Waals surface area contributed by atoms with E-state index in [1.54, 1.807) is 34.9 Å². The fourth-order valence-electron chi connectivity index (χ4n) is 5.00. The van der Waals surface area contributed by atoms with E-state index in [1.165, 1.54) is 35.6 Å². The summed E-state index contributed by atoms with van der Waals surface area (Å²) < 4.78 is 12.9. The number of thiazole rings is 1. The van der Waals surface area contributed by atoms with E-state index in [-0.39, 0.29) is 25.2 Å². The zero-order valence-corrected chi connectivity index (χ0v) is 30.4. The molecule has 2 heterocycles. The van der Waals surface area contributed by atoms with Gasteiger partial charge in [-0.1, -0.05) is 103 Å². The van der Waals surface area contributed by atoms with Crippen molar-refractivity contribution in [1.82, 2.24) is 10.3 Å². The molecule has 0 fully saturated rings. The molecule has 1 aliphatic heterocycles. The number of amides is 1. The van der Waals surface area contributed by atoms with Crippen molar-refractivity contribution in [3.05, 3.63) is 104 Å². The summed E-state index contributed by atoms with van der Waals surface area (Å²) >= 11 is 8.86. The minimum Gasteiger partial charge on any atom is -0.461 e. The van der Waals surface area contributed by atoms with Gasteiger partial charge in [-0.15, -0.1) is 23.1 Å². The molecule has 0 saturated heterocycles.